The Kier molecular flexibility index (Phi) is 6.81. The predicted molar refractivity (Wildman–Crippen MR) is 106 cm³/mol. The average molecular weight is 539 g/mol. The monoisotopic (exact) mass is 538 g/mol. The van der Waals surface area contributed by atoms with E-state index in [1.807, 2.05) is 0 Å². The fourth-order valence-electron chi connectivity index (χ4n) is 3.96. The van der Waals surface area contributed by atoms with Crippen LogP contribution in [0.1, 0.15) is 33.4 Å². The van der Waals surface area contributed by atoms with Crippen molar-refractivity contribution in [3.05, 3.63) is 70.0 Å². The van der Waals surface area contributed by atoms with Crippen LogP contribution < -0.4 is 9.80 Å². The van der Waals surface area contributed by atoms with Gasteiger partial charge in [0.25, 0.3) is 0 Å². The van der Waals surface area contributed by atoms with E-state index in [-0.39, 0.29) is 0 Å². The Balaban J connectivity index is 0.00000109. The van der Waals surface area contributed by atoms with E-state index in [1.165, 1.54) is 44.8 Å². The van der Waals surface area contributed by atoms with Gasteiger partial charge in [0.2, 0.25) is 0 Å². The van der Waals surface area contributed by atoms with Gasteiger partial charge in [0.1, 0.15) is 0 Å². The Bertz CT molecular complexity index is 687. The molecule has 0 aromatic heterocycles. The van der Waals surface area contributed by atoms with Crippen LogP contribution in [0.2, 0.25) is 0 Å². The standard InChI is InChI=1S/C21H26N2.Au.ClH/c1-14-9-16(3)20(17(4)10-14)22-7-8-23(13-22)21-18(5)11-15(2)12-19(21)6;;/h7-12H,13H2,1-6H3;;1H/q;+1;/p-1. The van der Waals surface area contributed by atoms with Gasteiger partial charge in [-0.1, -0.05) is 35.4 Å². The minimum atomic E-state index is 0.871. The van der Waals surface area contributed by atoms with Gasteiger partial charge < -0.3 is 9.80 Å². The number of benzene rings is 2. The molecule has 1 aliphatic rings. The first-order valence-corrected chi connectivity index (χ1v) is 11.0. The Hall–Kier alpha value is -1.19. The van der Waals surface area contributed by atoms with Crippen LogP contribution in [0, 0.1) is 41.5 Å². The van der Waals surface area contributed by atoms with Gasteiger partial charge in [-0.05, 0) is 63.8 Å². The maximum atomic E-state index is 4.58. The first-order valence-electron chi connectivity index (χ1n) is 8.35. The van der Waals surface area contributed by atoms with Crippen LogP contribution in [0.5, 0.6) is 0 Å². The van der Waals surface area contributed by atoms with Gasteiger partial charge in [0, 0.05) is 23.8 Å². The molecule has 138 valence electrons. The van der Waals surface area contributed by atoms with Crippen LogP contribution >= 0.6 is 9.19 Å². The average Bonchev–Trinajstić information content (AvgIpc) is 2.96. The van der Waals surface area contributed by atoms with E-state index in [0.29, 0.717) is 0 Å². The van der Waals surface area contributed by atoms with Crippen LogP contribution in [0.25, 0.3) is 0 Å². The number of hydrogen-bond donors (Lipinski definition) is 0. The van der Waals surface area contributed by atoms with Crippen LogP contribution in [0.15, 0.2) is 36.7 Å². The number of hydrogen-bond acceptors (Lipinski definition) is 2. The molecule has 4 heteroatoms. The van der Waals surface area contributed by atoms with Crippen molar-refractivity contribution in [2.45, 2.75) is 41.5 Å². The second-order valence-electron chi connectivity index (χ2n) is 6.87. The number of aryl methyl sites for hydroxylation is 6. The molecule has 0 saturated heterocycles. The molecule has 0 bridgehead atoms. The molecule has 0 saturated carbocycles. The maximum absolute atomic E-state index is 4.58. The Morgan fingerprint density at radius 3 is 1.20 bits per heavy atom. The van der Waals surface area contributed by atoms with E-state index in [4.69, 9.17) is 0 Å². The summed E-state index contributed by atoms with van der Waals surface area (Å²) < 4.78 is 0. The Labute approximate surface area is 168 Å². The zero-order chi connectivity index (χ0) is 18.7. The molecular formula is C21H26AuClN2. The fraction of sp³-hybridized carbons (Fsp3) is 0.333. The fourth-order valence-corrected chi connectivity index (χ4v) is 3.96. The van der Waals surface area contributed by atoms with Gasteiger partial charge in [0.05, 0.1) is 6.67 Å². The van der Waals surface area contributed by atoms with Gasteiger partial charge in [-0.25, -0.2) is 0 Å². The summed E-state index contributed by atoms with van der Waals surface area (Å²) in [6.07, 6.45) is 4.40. The van der Waals surface area contributed by atoms with Gasteiger partial charge in [-0.2, -0.15) is 0 Å². The molecule has 0 unspecified atom stereocenters. The quantitative estimate of drug-likeness (QED) is 0.434. The summed E-state index contributed by atoms with van der Waals surface area (Å²) in [5.41, 5.74) is 10.7. The Morgan fingerprint density at radius 1 is 0.640 bits per heavy atom. The summed E-state index contributed by atoms with van der Waals surface area (Å²) in [6.45, 7) is 14.0. The molecule has 3 rings (SSSR count). The molecule has 2 nitrogen and oxygen atoms in total. The SMILES string of the molecule is Cc1cc(C)c(N2C=CN(c3c(C)cc(C)cc3C)C2)c(C)c1.[Cl][Au]. The molecule has 2 aromatic carbocycles. The molecule has 0 atom stereocenters. The third kappa shape index (κ3) is 4.32. The molecule has 0 amide bonds. The zero-order valence-corrected chi connectivity index (χ0v) is 18.7. The summed E-state index contributed by atoms with van der Waals surface area (Å²) in [7, 11) is 4.58. The molecule has 0 radical (unpaired) electrons. The van der Waals surface area contributed by atoms with E-state index >= 15 is 0 Å². The zero-order valence-electron chi connectivity index (χ0n) is 15.7. The summed E-state index contributed by atoms with van der Waals surface area (Å²) in [6, 6.07) is 9.06. The van der Waals surface area contributed by atoms with Crippen molar-refractivity contribution < 1.29 is 20.0 Å². The molecule has 1 aliphatic heterocycles. The first-order chi connectivity index (χ1) is 11.9. The summed E-state index contributed by atoms with van der Waals surface area (Å²) in [5, 5.41) is 0. The van der Waals surface area contributed by atoms with Gasteiger partial charge in [0.15, 0.2) is 0 Å². The van der Waals surface area contributed by atoms with Crippen molar-refractivity contribution in [1.29, 1.82) is 0 Å². The number of rotatable bonds is 2. The Morgan fingerprint density at radius 2 is 0.920 bits per heavy atom. The van der Waals surface area contributed by atoms with E-state index < -0.39 is 0 Å². The normalized spacial score (nSPS) is 13.2. The van der Waals surface area contributed by atoms with Crippen molar-refractivity contribution in [1.82, 2.24) is 0 Å². The van der Waals surface area contributed by atoms with Crippen molar-refractivity contribution in [2.24, 2.45) is 0 Å². The number of halogens is 1. The second-order valence-corrected chi connectivity index (χ2v) is 6.87. The number of anilines is 2. The summed E-state index contributed by atoms with van der Waals surface area (Å²) in [5.74, 6) is 0. The molecule has 0 fully saturated rings. The van der Waals surface area contributed by atoms with E-state index in [9.17, 15) is 0 Å². The molecule has 25 heavy (non-hydrogen) atoms. The van der Waals surface area contributed by atoms with Crippen LogP contribution in [-0.2, 0) is 20.0 Å². The molecule has 0 spiro atoms. The van der Waals surface area contributed by atoms with Crippen molar-refractivity contribution in [2.75, 3.05) is 16.5 Å². The van der Waals surface area contributed by atoms with Crippen LogP contribution in [0.4, 0.5) is 11.4 Å². The second kappa shape index (κ2) is 8.46. The van der Waals surface area contributed by atoms with Gasteiger partial charge in [-0.3, -0.25) is 0 Å². The topological polar surface area (TPSA) is 6.48 Å². The summed E-state index contributed by atoms with van der Waals surface area (Å²) in [4.78, 5) is 4.70. The first kappa shape index (κ1) is 20.1. The van der Waals surface area contributed by atoms with Gasteiger partial charge >= 0.3 is 29.2 Å². The minimum absolute atomic E-state index is 0.871. The molecule has 0 N–H and O–H groups in total. The molecule has 2 aromatic rings. The van der Waals surface area contributed by atoms with E-state index in [0.717, 1.165) is 6.67 Å². The van der Waals surface area contributed by atoms with Gasteiger partial charge in [-0.15, -0.1) is 0 Å². The third-order valence-corrected chi connectivity index (χ3v) is 4.58. The van der Waals surface area contributed by atoms with Crippen LogP contribution in [-0.4, -0.2) is 6.67 Å². The predicted octanol–water partition coefficient (Wildman–Crippen LogP) is 5.98. The molecular weight excluding hydrogens is 513 g/mol. The molecule has 0 aliphatic carbocycles. The van der Waals surface area contributed by atoms with E-state index in [1.54, 1.807) is 20.0 Å². The summed E-state index contributed by atoms with van der Waals surface area (Å²) >= 11 is 1.75. The van der Waals surface area contributed by atoms with Crippen LogP contribution in [0.3, 0.4) is 0 Å². The van der Waals surface area contributed by atoms with E-state index in [2.05, 4.69) is 97.2 Å². The van der Waals surface area contributed by atoms with Crippen molar-refractivity contribution in [3.63, 3.8) is 0 Å². The third-order valence-electron chi connectivity index (χ3n) is 4.58. The number of nitrogens with zero attached hydrogens (tertiary/aromatic N) is 2. The molecule has 1 heterocycles. The van der Waals surface area contributed by atoms with Crippen molar-refractivity contribution >= 4 is 20.6 Å². The van der Waals surface area contributed by atoms with Crippen molar-refractivity contribution in [3.8, 4) is 0 Å².